The Bertz CT molecular complexity index is 675. The van der Waals surface area contributed by atoms with Crippen molar-refractivity contribution in [1.29, 1.82) is 0 Å². The van der Waals surface area contributed by atoms with Crippen LogP contribution < -0.4 is 5.73 Å². The molecule has 20 heavy (non-hydrogen) atoms. The number of sulfone groups is 1. The highest BCUT2D eigenvalue weighted by atomic mass is 32.2. The molecule has 0 unspecified atom stereocenters. The molecule has 0 bridgehead atoms. The van der Waals surface area contributed by atoms with E-state index in [1.54, 1.807) is 23.9 Å². The summed E-state index contributed by atoms with van der Waals surface area (Å²) < 4.78 is 22.8. The van der Waals surface area contributed by atoms with E-state index < -0.39 is 9.84 Å². The molecule has 0 saturated carbocycles. The highest BCUT2D eigenvalue weighted by Gasteiger charge is 2.07. The Morgan fingerprint density at radius 2 is 1.40 bits per heavy atom. The van der Waals surface area contributed by atoms with Gasteiger partial charge in [0.25, 0.3) is 0 Å². The van der Waals surface area contributed by atoms with Crippen molar-refractivity contribution >= 4 is 21.6 Å². The summed E-state index contributed by atoms with van der Waals surface area (Å²) >= 11 is 1.59. The maximum absolute atomic E-state index is 11.4. The molecule has 2 aromatic rings. The van der Waals surface area contributed by atoms with Crippen LogP contribution in [0.5, 0.6) is 0 Å². The van der Waals surface area contributed by atoms with E-state index in [0.717, 1.165) is 15.4 Å². The van der Waals surface area contributed by atoms with E-state index in [1.165, 1.54) is 6.26 Å². The molecule has 0 spiro atoms. The fraction of sp³-hybridized carbons (Fsp3) is 0.200. The lowest BCUT2D eigenvalue weighted by atomic mass is 10.1. The van der Waals surface area contributed by atoms with E-state index >= 15 is 0 Å². The third kappa shape index (κ3) is 3.85. The average Bonchev–Trinajstić information content (AvgIpc) is 2.39. The third-order valence-corrected chi connectivity index (χ3v) is 5.04. The van der Waals surface area contributed by atoms with Gasteiger partial charge in [-0.3, -0.25) is 0 Å². The minimum atomic E-state index is -3.13. The first-order valence-electron chi connectivity index (χ1n) is 6.20. The summed E-state index contributed by atoms with van der Waals surface area (Å²) in [7, 11) is -3.13. The standard InChI is InChI=1S/C15H17NO2S2/c1-11(16)12-3-5-13(6-4-12)19-14-7-9-15(10-8-14)20(2,17)18/h3-11H,16H2,1-2H3/t11-/m1/s1. The summed E-state index contributed by atoms with van der Waals surface area (Å²) in [5.41, 5.74) is 6.91. The molecule has 0 fully saturated rings. The monoisotopic (exact) mass is 307 g/mol. The Kier molecular flexibility index (Phi) is 4.52. The van der Waals surface area contributed by atoms with Gasteiger partial charge in [-0.15, -0.1) is 0 Å². The van der Waals surface area contributed by atoms with E-state index in [-0.39, 0.29) is 6.04 Å². The fourth-order valence-corrected chi connectivity index (χ4v) is 3.18. The maximum atomic E-state index is 11.4. The highest BCUT2D eigenvalue weighted by molar-refractivity contribution is 7.99. The molecule has 0 aromatic heterocycles. The molecule has 2 aromatic carbocycles. The van der Waals surface area contributed by atoms with Gasteiger partial charge in [0.05, 0.1) is 4.90 Å². The normalized spacial score (nSPS) is 13.2. The molecule has 3 nitrogen and oxygen atoms in total. The second-order valence-electron chi connectivity index (χ2n) is 4.70. The largest absolute Gasteiger partial charge is 0.324 e. The van der Waals surface area contributed by atoms with Crippen molar-refractivity contribution in [1.82, 2.24) is 0 Å². The molecule has 106 valence electrons. The van der Waals surface area contributed by atoms with E-state index in [1.807, 2.05) is 43.3 Å². The highest BCUT2D eigenvalue weighted by Crippen LogP contribution is 2.29. The van der Waals surface area contributed by atoms with Crippen LogP contribution in [-0.4, -0.2) is 14.7 Å². The number of benzene rings is 2. The number of rotatable bonds is 4. The van der Waals surface area contributed by atoms with Crippen LogP contribution in [0.2, 0.25) is 0 Å². The van der Waals surface area contributed by atoms with E-state index in [2.05, 4.69) is 0 Å². The third-order valence-electron chi connectivity index (χ3n) is 2.89. The molecular formula is C15H17NO2S2. The summed E-state index contributed by atoms with van der Waals surface area (Å²) in [6.45, 7) is 1.95. The van der Waals surface area contributed by atoms with Gasteiger partial charge in [0, 0.05) is 22.1 Å². The first kappa shape index (κ1) is 15.1. The molecule has 0 aliphatic carbocycles. The predicted molar refractivity (Wildman–Crippen MR) is 82.7 cm³/mol. The zero-order valence-corrected chi connectivity index (χ0v) is 13.0. The number of hydrogen-bond acceptors (Lipinski definition) is 4. The van der Waals surface area contributed by atoms with Crippen molar-refractivity contribution in [2.24, 2.45) is 5.73 Å². The summed E-state index contributed by atoms with van der Waals surface area (Å²) in [6.07, 6.45) is 1.21. The minimum Gasteiger partial charge on any atom is -0.324 e. The van der Waals surface area contributed by atoms with Crippen molar-refractivity contribution in [2.75, 3.05) is 6.26 Å². The van der Waals surface area contributed by atoms with Crippen molar-refractivity contribution in [3.63, 3.8) is 0 Å². The van der Waals surface area contributed by atoms with Crippen LogP contribution in [0.3, 0.4) is 0 Å². The average molecular weight is 307 g/mol. The Balaban J connectivity index is 2.14. The first-order valence-corrected chi connectivity index (χ1v) is 8.90. The fourth-order valence-electron chi connectivity index (χ4n) is 1.73. The van der Waals surface area contributed by atoms with E-state index in [0.29, 0.717) is 4.90 Å². The van der Waals surface area contributed by atoms with Crippen molar-refractivity contribution in [3.8, 4) is 0 Å². The number of nitrogens with two attached hydrogens (primary N) is 1. The molecule has 0 aliphatic rings. The van der Waals surface area contributed by atoms with Gasteiger partial charge in [-0.2, -0.15) is 0 Å². The van der Waals surface area contributed by atoms with Gasteiger partial charge < -0.3 is 5.73 Å². The van der Waals surface area contributed by atoms with Crippen molar-refractivity contribution in [3.05, 3.63) is 54.1 Å². The zero-order chi connectivity index (χ0) is 14.8. The van der Waals surface area contributed by atoms with Gasteiger partial charge in [0.15, 0.2) is 9.84 Å². The molecule has 0 saturated heterocycles. The van der Waals surface area contributed by atoms with Gasteiger partial charge >= 0.3 is 0 Å². The maximum Gasteiger partial charge on any atom is 0.175 e. The second-order valence-corrected chi connectivity index (χ2v) is 7.87. The van der Waals surface area contributed by atoms with E-state index in [4.69, 9.17) is 5.73 Å². The van der Waals surface area contributed by atoms with E-state index in [9.17, 15) is 8.42 Å². The summed E-state index contributed by atoms with van der Waals surface area (Å²) in [5.74, 6) is 0. The van der Waals surface area contributed by atoms with Crippen LogP contribution >= 0.6 is 11.8 Å². The van der Waals surface area contributed by atoms with Crippen LogP contribution in [0.4, 0.5) is 0 Å². The molecule has 2 N–H and O–H groups in total. The molecule has 5 heteroatoms. The lowest BCUT2D eigenvalue weighted by molar-refractivity contribution is 0.602. The number of hydrogen-bond donors (Lipinski definition) is 1. The smallest absolute Gasteiger partial charge is 0.175 e. The molecule has 1 atom stereocenters. The lowest BCUT2D eigenvalue weighted by Crippen LogP contribution is -2.04. The molecule has 2 rings (SSSR count). The second kappa shape index (κ2) is 5.99. The Hall–Kier alpha value is -1.30. The zero-order valence-electron chi connectivity index (χ0n) is 11.4. The SMILES string of the molecule is C[C@@H](N)c1ccc(Sc2ccc(S(C)(=O)=O)cc2)cc1. The molecule has 0 amide bonds. The Morgan fingerprint density at radius 1 is 0.950 bits per heavy atom. The topological polar surface area (TPSA) is 60.2 Å². The quantitative estimate of drug-likeness (QED) is 0.942. The van der Waals surface area contributed by atoms with Crippen LogP contribution in [0, 0.1) is 0 Å². The molecular weight excluding hydrogens is 290 g/mol. The predicted octanol–water partition coefficient (Wildman–Crippen LogP) is 3.26. The Labute approximate surface area is 124 Å². The lowest BCUT2D eigenvalue weighted by Gasteiger charge is -2.07. The van der Waals surface area contributed by atoms with Crippen molar-refractivity contribution < 1.29 is 8.42 Å². The summed E-state index contributed by atoms with van der Waals surface area (Å²) in [4.78, 5) is 2.45. The van der Waals surface area contributed by atoms with Gasteiger partial charge in [0.2, 0.25) is 0 Å². The van der Waals surface area contributed by atoms with Crippen LogP contribution in [0.15, 0.2) is 63.2 Å². The summed E-state index contributed by atoms with van der Waals surface area (Å²) in [6, 6.07) is 15.0. The van der Waals surface area contributed by atoms with Gasteiger partial charge in [-0.05, 0) is 48.9 Å². The van der Waals surface area contributed by atoms with Crippen LogP contribution in [0.25, 0.3) is 0 Å². The van der Waals surface area contributed by atoms with Gasteiger partial charge in [0.1, 0.15) is 0 Å². The van der Waals surface area contributed by atoms with Crippen LogP contribution in [-0.2, 0) is 9.84 Å². The summed E-state index contributed by atoms with van der Waals surface area (Å²) in [5, 5.41) is 0. The Morgan fingerprint density at radius 3 is 1.80 bits per heavy atom. The van der Waals surface area contributed by atoms with Crippen molar-refractivity contribution in [2.45, 2.75) is 27.7 Å². The van der Waals surface area contributed by atoms with Crippen LogP contribution in [0.1, 0.15) is 18.5 Å². The van der Waals surface area contributed by atoms with Gasteiger partial charge in [-0.1, -0.05) is 23.9 Å². The minimum absolute atomic E-state index is 0.0306. The van der Waals surface area contributed by atoms with Gasteiger partial charge in [-0.25, -0.2) is 8.42 Å². The first-order chi connectivity index (χ1) is 9.36. The molecule has 0 aliphatic heterocycles. The molecule has 0 heterocycles. The molecule has 0 radical (unpaired) electrons.